The third kappa shape index (κ3) is 3.26. The quantitative estimate of drug-likeness (QED) is 0.736. The Morgan fingerprint density at radius 2 is 1.25 bits per heavy atom. The van der Waals surface area contributed by atoms with Gasteiger partial charge in [0.2, 0.25) is 0 Å². The van der Waals surface area contributed by atoms with E-state index >= 15 is 0 Å². The first-order valence-corrected chi connectivity index (χ1v) is 5.98. The van der Waals surface area contributed by atoms with Crippen LogP contribution in [0, 0.1) is 0 Å². The Labute approximate surface area is 106 Å². The van der Waals surface area contributed by atoms with Gasteiger partial charge in [-0.3, -0.25) is 0 Å². The molecule has 0 radical (unpaired) electrons. The van der Waals surface area contributed by atoms with Crippen molar-refractivity contribution in [2.24, 2.45) is 0 Å². The number of halogens is 2. The van der Waals surface area contributed by atoms with Gasteiger partial charge in [-0.25, -0.2) is 0 Å². The molecule has 0 spiro atoms. The van der Waals surface area contributed by atoms with Crippen molar-refractivity contribution < 1.29 is 0 Å². The van der Waals surface area contributed by atoms with E-state index in [0.717, 1.165) is 12.8 Å². The van der Waals surface area contributed by atoms with Crippen LogP contribution in [0.5, 0.6) is 0 Å². The molecule has 0 heterocycles. The van der Waals surface area contributed by atoms with Crippen molar-refractivity contribution in [1.29, 1.82) is 0 Å². The fourth-order valence-electron chi connectivity index (χ4n) is 1.69. The van der Waals surface area contributed by atoms with E-state index in [1.807, 2.05) is 18.2 Å². The minimum absolute atomic E-state index is 0.704. The van der Waals surface area contributed by atoms with Gasteiger partial charge in [-0.2, -0.15) is 0 Å². The lowest BCUT2D eigenvalue weighted by Crippen LogP contribution is -1.91. The zero-order valence-corrected chi connectivity index (χ0v) is 10.3. The molecule has 2 heteroatoms. The van der Waals surface area contributed by atoms with Crippen molar-refractivity contribution in [2.45, 2.75) is 12.8 Å². The largest absolute Gasteiger partial charge is 0.0843 e. The van der Waals surface area contributed by atoms with E-state index in [0.29, 0.717) is 10.0 Å². The van der Waals surface area contributed by atoms with Gasteiger partial charge in [-0.15, -0.1) is 0 Å². The summed E-state index contributed by atoms with van der Waals surface area (Å²) in [6.45, 7) is 0. The lowest BCUT2D eigenvalue weighted by molar-refractivity contribution is 0.960. The normalized spacial score (nSPS) is 10.4. The Balaban J connectivity index is 2.05. The second-order valence-corrected chi connectivity index (χ2v) is 4.64. The van der Waals surface area contributed by atoms with Crippen molar-refractivity contribution in [3.8, 4) is 0 Å². The monoisotopic (exact) mass is 250 g/mol. The van der Waals surface area contributed by atoms with E-state index in [4.69, 9.17) is 23.2 Å². The maximum absolute atomic E-state index is 5.95. The Hall–Kier alpha value is -0.980. The third-order valence-electron chi connectivity index (χ3n) is 2.47. The Kier molecular flexibility index (Phi) is 3.87. The van der Waals surface area contributed by atoms with Crippen LogP contribution in [0.2, 0.25) is 10.0 Å². The van der Waals surface area contributed by atoms with Crippen LogP contribution in [-0.4, -0.2) is 0 Å². The van der Waals surface area contributed by atoms with Gasteiger partial charge >= 0.3 is 0 Å². The summed E-state index contributed by atoms with van der Waals surface area (Å²) in [6, 6.07) is 16.1. The molecule has 2 aromatic rings. The molecule has 0 amide bonds. The van der Waals surface area contributed by atoms with E-state index in [-0.39, 0.29) is 0 Å². The molecule has 0 unspecified atom stereocenters. The number of hydrogen-bond donors (Lipinski definition) is 0. The van der Waals surface area contributed by atoms with Crippen LogP contribution in [0.1, 0.15) is 11.1 Å². The van der Waals surface area contributed by atoms with Crippen LogP contribution in [-0.2, 0) is 12.8 Å². The van der Waals surface area contributed by atoms with Gasteiger partial charge in [0.25, 0.3) is 0 Å². The fourth-order valence-corrected chi connectivity index (χ4v) is 2.26. The van der Waals surface area contributed by atoms with E-state index in [1.165, 1.54) is 11.1 Å². The summed E-state index contributed by atoms with van der Waals surface area (Å²) in [6.07, 6.45) is 1.97. The van der Waals surface area contributed by atoms with Gasteiger partial charge in [0.15, 0.2) is 0 Å². The first-order chi connectivity index (χ1) is 7.74. The molecule has 2 rings (SSSR count). The maximum Gasteiger partial charge on any atom is 0.0423 e. The van der Waals surface area contributed by atoms with E-state index in [2.05, 4.69) is 24.3 Å². The van der Waals surface area contributed by atoms with Gasteiger partial charge < -0.3 is 0 Å². The zero-order valence-electron chi connectivity index (χ0n) is 8.79. The average Bonchev–Trinajstić information content (AvgIpc) is 2.27. The van der Waals surface area contributed by atoms with Crippen LogP contribution in [0.3, 0.4) is 0 Å². The molecule has 2 aromatic carbocycles. The highest BCUT2D eigenvalue weighted by Gasteiger charge is 1.99. The number of aryl methyl sites for hydroxylation is 2. The van der Waals surface area contributed by atoms with E-state index in [9.17, 15) is 0 Å². The summed E-state index contributed by atoms with van der Waals surface area (Å²) >= 11 is 11.9. The van der Waals surface area contributed by atoms with Gasteiger partial charge in [0.05, 0.1) is 0 Å². The zero-order chi connectivity index (χ0) is 11.4. The molecule has 0 atom stereocenters. The predicted octanol–water partition coefficient (Wildman–Crippen LogP) is 4.78. The topological polar surface area (TPSA) is 0 Å². The van der Waals surface area contributed by atoms with E-state index < -0.39 is 0 Å². The molecule has 0 aliphatic carbocycles. The molecule has 0 N–H and O–H groups in total. The van der Waals surface area contributed by atoms with Gasteiger partial charge in [0, 0.05) is 10.0 Å². The van der Waals surface area contributed by atoms with Gasteiger partial charge in [0.1, 0.15) is 0 Å². The molecule has 0 saturated heterocycles. The fraction of sp³-hybridized carbons (Fsp3) is 0.143. The number of benzene rings is 2. The Bertz CT molecular complexity index is 443. The molecule has 0 aliphatic heterocycles. The molecular formula is C14H12Cl2. The first kappa shape index (κ1) is 11.5. The van der Waals surface area contributed by atoms with Gasteiger partial charge in [-0.05, 0) is 42.2 Å². The second kappa shape index (κ2) is 5.38. The standard InChI is InChI=1S/C14H12Cl2/c15-13-8-12(9-14(16)10-13)7-6-11-4-2-1-3-5-11/h1-5,8-10H,6-7H2. The Morgan fingerprint density at radius 1 is 0.688 bits per heavy atom. The first-order valence-electron chi connectivity index (χ1n) is 5.23. The van der Waals surface area contributed by atoms with Crippen molar-refractivity contribution in [3.63, 3.8) is 0 Å². The summed E-state index contributed by atoms with van der Waals surface area (Å²) in [5, 5.41) is 1.41. The summed E-state index contributed by atoms with van der Waals surface area (Å²) in [5.74, 6) is 0. The van der Waals surface area contributed by atoms with Crippen LogP contribution in [0.25, 0.3) is 0 Å². The SMILES string of the molecule is Clc1cc(Cl)cc(CCc2ccccc2)c1. The van der Waals surface area contributed by atoms with Gasteiger partial charge in [-0.1, -0.05) is 53.5 Å². The second-order valence-electron chi connectivity index (χ2n) is 3.76. The smallest absolute Gasteiger partial charge is 0.0423 e. The average molecular weight is 251 g/mol. The van der Waals surface area contributed by atoms with Crippen LogP contribution in [0.15, 0.2) is 48.5 Å². The molecule has 0 saturated carbocycles. The van der Waals surface area contributed by atoms with Crippen LogP contribution < -0.4 is 0 Å². The highest BCUT2D eigenvalue weighted by molar-refractivity contribution is 6.34. The molecule has 16 heavy (non-hydrogen) atoms. The molecule has 82 valence electrons. The summed E-state index contributed by atoms with van der Waals surface area (Å²) in [5.41, 5.74) is 2.51. The van der Waals surface area contributed by atoms with Crippen molar-refractivity contribution >= 4 is 23.2 Å². The van der Waals surface area contributed by atoms with Crippen molar-refractivity contribution in [2.75, 3.05) is 0 Å². The summed E-state index contributed by atoms with van der Waals surface area (Å²) in [7, 11) is 0. The Morgan fingerprint density at radius 3 is 1.88 bits per heavy atom. The predicted molar refractivity (Wildman–Crippen MR) is 70.3 cm³/mol. The van der Waals surface area contributed by atoms with Crippen molar-refractivity contribution in [1.82, 2.24) is 0 Å². The molecule has 0 bridgehead atoms. The molecule has 0 aromatic heterocycles. The lowest BCUT2D eigenvalue weighted by atomic mass is 10.0. The van der Waals surface area contributed by atoms with Crippen LogP contribution in [0.4, 0.5) is 0 Å². The highest BCUT2D eigenvalue weighted by atomic mass is 35.5. The number of rotatable bonds is 3. The molecular weight excluding hydrogens is 239 g/mol. The third-order valence-corrected chi connectivity index (χ3v) is 2.90. The molecule has 0 fully saturated rings. The molecule has 0 nitrogen and oxygen atoms in total. The lowest BCUT2D eigenvalue weighted by Gasteiger charge is -2.03. The number of hydrogen-bond acceptors (Lipinski definition) is 0. The highest BCUT2D eigenvalue weighted by Crippen LogP contribution is 2.20. The van der Waals surface area contributed by atoms with Crippen LogP contribution >= 0.6 is 23.2 Å². The summed E-state index contributed by atoms with van der Waals surface area (Å²) in [4.78, 5) is 0. The summed E-state index contributed by atoms with van der Waals surface area (Å²) < 4.78 is 0. The van der Waals surface area contributed by atoms with E-state index in [1.54, 1.807) is 6.07 Å². The minimum atomic E-state index is 0.704. The van der Waals surface area contributed by atoms with Crippen molar-refractivity contribution in [3.05, 3.63) is 69.7 Å². The molecule has 0 aliphatic rings. The maximum atomic E-state index is 5.95. The minimum Gasteiger partial charge on any atom is -0.0843 e.